The molecular formula is C24H30F2N4O2. The minimum absolute atomic E-state index is 0.0151. The summed E-state index contributed by atoms with van der Waals surface area (Å²) in [4.78, 5) is 27.6. The molecule has 0 unspecified atom stereocenters. The van der Waals surface area contributed by atoms with Gasteiger partial charge in [-0.3, -0.25) is 9.59 Å². The van der Waals surface area contributed by atoms with Crippen LogP contribution < -0.4 is 5.32 Å². The van der Waals surface area contributed by atoms with Gasteiger partial charge in [0.25, 0.3) is 5.91 Å². The molecule has 0 saturated carbocycles. The van der Waals surface area contributed by atoms with Crippen molar-refractivity contribution >= 4 is 11.8 Å². The zero-order chi connectivity index (χ0) is 22.8. The van der Waals surface area contributed by atoms with Gasteiger partial charge in [0.15, 0.2) is 17.3 Å². The number of carbonyl (C=O) groups is 2. The van der Waals surface area contributed by atoms with Crippen molar-refractivity contribution in [3.05, 3.63) is 46.8 Å². The molecule has 1 aromatic carbocycles. The second kappa shape index (κ2) is 9.38. The highest BCUT2D eigenvalue weighted by molar-refractivity contribution is 5.94. The van der Waals surface area contributed by atoms with Gasteiger partial charge in [-0.05, 0) is 57.1 Å². The summed E-state index contributed by atoms with van der Waals surface area (Å²) in [5.74, 6) is -1.81. The van der Waals surface area contributed by atoms with Crippen molar-refractivity contribution in [2.45, 2.75) is 64.8 Å². The highest BCUT2D eigenvalue weighted by Crippen LogP contribution is 2.28. The lowest BCUT2D eigenvalue weighted by atomic mass is 9.98. The summed E-state index contributed by atoms with van der Waals surface area (Å²) in [6.07, 6.45) is 5.49. The van der Waals surface area contributed by atoms with Crippen molar-refractivity contribution in [1.29, 1.82) is 0 Å². The number of piperidine rings is 1. The van der Waals surface area contributed by atoms with Crippen molar-refractivity contribution < 1.29 is 18.4 Å². The van der Waals surface area contributed by atoms with Crippen molar-refractivity contribution in [3.8, 4) is 5.69 Å². The average Bonchev–Trinajstić information content (AvgIpc) is 3.40. The van der Waals surface area contributed by atoms with Gasteiger partial charge in [-0.25, -0.2) is 13.5 Å². The van der Waals surface area contributed by atoms with E-state index in [0.717, 1.165) is 55.5 Å². The molecule has 2 aliphatic rings. The van der Waals surface area contributed by atoms with E-state index < -0.39 is 11.6 Å². The number of benzene rings is 1. The number of rotatable bonds is 6. The lowest BCUT2D eigenvalue weighted by molar-refractivity contribution is -0.136. The highest BCUT2D eigenvalue weighted by Gasteiger charge is 2.31. The molecule has 1 aromatic heterocycles. The van der Waals surface area contributed by atoms with E-state index in [1.54, 1.807) is 4.68 Å². The largest absolute Gasteiger partial charge is 0.348 e. The van der Waals surface area contributed by atoms with Gasteiger partial charge in [0.2, 0.25) is 5.91 Å². The van der Waals surface area contributed by atoms with Crippen molar-refractivity contribution in [2.75, 3.05) is 13.1 Å². The molecule has 1 fully saturated rings. The Morgan fingerprint density at radius 3 is 2.50 bits per heavy atom. The first-order chi connectivity index (χ1) is 15.4. The van der Waals surface area contributed by atoms with Gasteiger partial charge in [0.05, 0.1) is 5.69 Å². The summed E-state index contributed by atoms with van der Waals surface area (Å²) >= 11 is 0. The van der Waals surface area contributed by atoms with Crippen LogP contribution in [0.3, 0.4) is 0 Å². The van der Waals surface area contributed by atoms with E-state index in [1.807, 2.05) is 18.7 Å². The van der Waals surface area contributed by atoms with E-state index in [1.165, 1.54) is 6.07 Å². The monoisotopic (exact) mass is 444 g/mol. The lowest BCUT2D eigenvalue weighted by Gasteiger charge is -2.34. The van der Waals surface area contributed by atoms with E-state index in [-0.39, 0.29) is 23.8 Å². The predicted molar refractivity (Wildman–Crippen MR) is 117 cm³/mol. The van der Waals surface area contributed by atoms with Crippen molar-refractivity contribution in [2.24, 2.45) is 5.92 Å². The minimum Gasteiger partial charge on any atom is -0.348 e. The van der Waals surface area contributed by atoms with Crippen LogP contribution in [0.2, 0.25) is 0 Å². The molecule has 2 amide bonds. The quantitative estimate of drug-likeness (QED) is 0.737. The van der Waals surface area contributed by atoms with Gasteiger partial charge in [0.1, 0.15) is 0 Å². The summed E-state index contributed by atoms with van der Waals surface area (Å²) in [6.45, 7) is 5.36. The van der Waals surface area contributed by atoms with E-state index in [4.69, 9.17) is 0 Å². The molecule has 0 spiro atoms. The molecular weight excluding hydrogens is 414 g/mol. The van der Waals surface area contributed by atoms with E-state index in [9.17, 15) is 18.4 Å². The summed E-state index contributed by atoms with van der Waals surface area (Å²) < 4.78 is 28.7. The van der Waals surface area contributed by atoms with Crippen LogP contribution in [0, 0.1) is 17.6 Å². The Hall–Kier alpha value is -2.77. The fourth-order valence-corrected chi connectivity index (χ4v) is 4.84. The first-order valence-corrected chi connectivity index (χ1v) is 11.6. The van der Waals surface area contributed by atoms with Crippen LogP contribution in [0.4, 0.5) is 8.78 Å². The van der Waals surface area contributed by atoms with Gasteiger partial charge in [0, 0.05) is 42.4 Å². The molecule has 0 bridgehead atoms. The first kappa shape index (κ1) is 22.4. The zero-order valence-corrected chi connectivity index (χ0v) is 18.7. The second-order valence-electron chi connectivity index (χ2n) is 8.72. The predicted octanol–water partition coefficient (Wildman–Crippen LogP) is 3.80. The van der Waals surface area contributed by atoms with Crippen LogP contribution in [0.25, 0.3) is 5.69 Å². The molecule has 1 aliphatic heterocycles. The van der Waals surface area contributed by atoms with Crippen LogP contribution in [0.1, 0.15) is 67.7 Å². The van der Waals surface area contributed by atoms with Gasteiger partial charge >= 0.3 is 0 Å². The Morgan fingerprint density at radius 1 is 1.12 bits per heavy atom. The number of amides is 2. The number of halogens is 2. The Morgan fingerprint density at radius 2 is 1.84 bits per heavy atom. The molecule has 1 saturated heterocycles. The molecule has 0 radical (unpaired) electrons. The third kappa shape index (κ3) is 4.27. The summed E-state index contributed by atoms with van der Waals surface area (Å²) in [5, 5.41) is 7.56. The number of likely N-dealkylation sites (tertiary alicyclic amines) is 1. The van der Waals surface area contributed by atoms with Crippen LogP contribution in [0.15, 0.2) is 18.2 Å². The molecule has 8 heteroatoms. The van der Waals surface area contributed by atoms with Crippen LogP contribution in [-0.4, -0.2) is 45.6 Å². The maximum absolute atomic E-state index is 13.8. The smallest absolute Gasteiger partial charge is 0.272 e. The fourth-order valence-electron chi connectivity index (χ4n) is 4.84. The Balaban J connectivity index is 1.45. The van der Waals surface area contributed by atoms with Crippen molar-refractivity contribution in [3.63, 3.8) is 0 Å². The Bertz CT molecular complexity index is 1010. The Kier molecular flexibility index (Phi) is 6.58. The van der Waals surface area contributed by atoms with Crippen molar-refractivity contribution in [1.82, 2.24) is 20.0 Å². The number of nitrogens with one attached hydrogen (secondary N) is 1. The van der Waals surface area contributed by atoms with E-state index >= 15 is 0 Å². The number of carbonyl (C=O) groups excluding carboxylic acids is 2. The fraction of sp³-hybridized carbons (Fsp3) is 0.542. The van der Waals surface area contributed by atoms with Gasteiger partial charge in [-0.1, -0.05) is 13.8 Å². The molecule has 2 heterocycles. The maximum atomic E-state index is 13.8. The molecule has 1 aliphatic carbocycles. The molecule has 32 heavy (non-hydrogen) atoms. The number of hydrogen-bond donors (Lipinski definition) is 1. The number of aromatic nitrogens is 2. The lowest BCUT2D eigenvalue weighted by Crippen LogP contribution is -2.48. The number of fused-ring (bicyclic) bond motifs is 1. The third-order valence-electron chi connectivity index (χ3n) is 6.77. The highest BCUT2D eigenvalue weighted by atomic mass is 19.2. The number of nitrogens with zero attached hydrogens (tertiary/aromatic N) is 3. The normalized spacial score (nSPS) is 16.5. The second-order valence-corrected chi connectivity index (χ2v) is 8.72. The third-order valence-corrected chi connectivity index (χ3v) is 6.77. The standard InChI is InChI=1S/C24H30F2N4O2/c1-3-15(4-2)24(32)29-12-10-16(11-13-29)27-23(31)22-18-6-5-7-21(18)30(28-22)17-8-9-19(25)20(26)14-17/h8-9,14-16H,3-7,10-13H2,1-2H3,(H,27,31). The summed E-state index contributed by atoms with van der Waals surface area (Å²) in [5.41, 5.74) is 2.53. The zero-order valence-electron chi connectivity index (χ0n) is 18.7. The minimum atomic E-state index is -0.939. The van der Waals surface area contributed by atoms with Crippen LogP contribution in [0.5, 0.6) is 0 Å². The summed E-state index contributed by atoms with van der Waals surface area (Å²) in [7, 11) is 0. The summed E-state index contributed by atoms with van der Waals surface area (Å²) in [6, 6.07) is 3.64. The molecule has 6 nitrogen and oxygen atoms in total. The number of hydrogen-bond acceptors (Lipinski definition) is 3. The van der Waals surface area contributed by atoms with Crippen LogP contribution >= 0.6 is 0 Å². The Labute approximate surface area is 187 Å². The SMILES string of the molecule is CCC(CC)C(=O)N1CCC(NC(=O)c2nn(-c3ccc(F)c(F)c3)c3c2CCC3)CC1. The average molecular weight is 445 g/mol. The maximum Gasteiger partial charge on any atom is 0.272 e. The molecule has 172 valence electrons. The molecule has 0 atom stereocenters. The molecule has 4 rings (SSSR count). The molecule has 1 N–H and O–H groups in total. The van der Waals surface area contributed by atoms with Gasteiger partial charge < -0.3 is 10.2 Å². The van der Waals surface area contributed by atoms with Gasteiger partial charge in [-0.15, -0.1) is 0 Å². The van der Waals surface area contributed by atoms with E-state index in [2.05, 4.69) is 10.4 Å². The van der Waals surface area contributed by atoms with E-state index in [0.29, 0.717) is 37.3 Å². The molecule has 2 aromatic rings. The van der Waals surface area contributed by atoms with Gasteiger partial charge in [-0.2, -0.15) is 5.10 Å². The van der Waals surface area contributed by atoms with Crippen LogP contribution in [-0.2, 0) is 17.6 Å². The first-order valence-electron chi connectivity index (χ1n) is 11.6. The topological polar surface area (TPSA) is 67.2 Å².